The van der Waals surface area contributed by atoms with Crippen molar-refractivity contribution in [2.24, 2.45) is 0 Å². The number of rotatable bonds is 4. The fraction of sp³-hybridized carbons (Fsp3) is 0.273. The summed E-state index contributed by atoms with van der Waals surface area (Å²) in [5.74, 6) is 0.760. The Morgan fingerprint density at radius 1 is 1.54 bits per heavy atom. The molecule has 0 fully saturated rings. The minimum Gasteiger partial charge on any atom is -0.492 e. The first-order valence-corrected chi connectivity index (χ1v) is 4.40. The second-order valence-electron chi connectivity index (χ2n) is 2.80. The molecule has 1 aromatic carbocycles. The minimum atomic E-state index is 0.644. The predicted molar refractivity (Wildman–Crippen MR) is 55.9 cm³/mol. The first-order valence-electron chi connectivity index (χ1n) is 4.40. The smallest absolute Gasteiger partial charge is 0.142 e. The molecule has 2 heteroatoms. The molecule has 1 aromatic rings. The van der Waals surface area contributed by atoms with Gasteiger partial charge in [-0.2, -0.15) is 0 Å². The van der Waals surface area contributed by atoms with E-state index in [1.54, 1.807) is 0 Å². The maximum atomic E-state index is 5.78. The number of anilines is 1. The molecule has 0 aromatic heterocycles. The van der Waals surface area contributed by atoms with Crippen molar-refractivity contribution in [3.05, 3.63) is 36.4 Å². The Hall–Kier alpha value is -1.44. The molecule has 0 amide bonds. The fourth-order valence-corrected chi connectivity index (χ4v) is 1.18. The van der Waals surface area contributed by atoms with Crippen molar-refractivity contribution in [2.75, 3.05) is 12.3 Å². The minimum absolute atomic E-state index is 0.644. The topological polar surface area (TPSA) is 35.2 Å². The summed E-state index contributed by atoms with van der Waals surface area (Å²) < 4.78 is 5.32. The molecule has 0 aliphatic heterocycles. The molecule has 0 unspecified atom stereocenters. The zero-order valence-electron chi connectivity index (χ0n) is 7.92. The highest BCUT2D eigenvalue weighted by molar-refractivity contribution is 5.54. The Labute approximate surface area is 79.0 Å². The van der Waals surface area contributed by atoms with Crippen molar-refractivity contribution in [3.63, 3.8) is 0 Å². The molecule has 0 aliphatic rings. The Balaban J connectivity index is 2.84. The average molecular weight is 177 g/mol. The Bertz CT molecular complexity index is 294. The lowest BCUT2D eigenvalue weighted by Gasteiger charge is -2.07. The maximum Gasteiger partial charge on any atom is 0.142 e. The van der Waals surface area contributed by atoms with Crippen LogP contribution in [0.3, 0.4) is 0 Å². The molecular formula is C11H15NO. The van der Waals surface area contributed by atoms with Gasteiger partial charge in [0.05, 0.1) is 12.3 Å². The molecule has 0 saturated heterocycles. The summed E-state index contributed by atoms with van der Waals surface area (Å²) in [7, 11) is 0. The molecule has 70 valence electrons. The highest BCUT2D eigenvalue weighted by Gasteiger charge is 1.99. The average Bonchev–Trinajstić information content (AvgIpc) is 2.10. The van der Waals surface area contributed by atoms with Gasteiger partial charge in [-0.1, -0.05) is 12.1 Å². The van der Waals surface area contributed by atoms with E-state index in [9.17, 15) is 0 Å². The van der Waals surface area contributed by atoms with Gasteiger partial charge in [0.25, 0.3) is 0 Å². The van der Waals surface area contributed by atoms with Crippen LogP contribution in [0, 0.1) is 0 Å². The van der Waals surface area contributed by atoms with Gasteiger partial charge in [0.2, 0.25) is 0 Å². The van der Waals surface area contributed by atoms with Crippen LogP contribution in [0.1, 0.15) is 12.5 Å². The SMILES string of the molecule is C=CCc1ccc(OCC)c(N)c1. The van der Waals surface area contributed by atoms with Gasteiger partial charge >= 0.3 is 0 Å². The summed E-state index contributed by atoms with van der Waals surface area (Å²) in [5.41, 5.74) is 7.64. The molecule has 2 N–H and O–H groups in total. The Morgan fingerprint density at radius 3 is 2.85 bits per heavy atom. The van der Waals surface area contributed by atoms with Crippen LogP contribution in [-0.2, 0) is 6.42 Å². The van der Waals surface area contributed by atoms with E-state index in [2.05, 4.69) is 6.58 Å². The number of hydrogen-bond acceptors (Lipinski definition) is 2. The van der Waals surface area contributed by atoms with Crippen LogP contribution in [0.4, 0.5) is 5.69 Å². The van der Waals surface area contributed by atoms with Crippen LogP contribution in [-0.4, -0.2) is 6.61 Å². The van der Waals surface area contributed by atoms with E-state index in [0.717, 1.165) is 17.7 Å². The molecule has 0 aliphatic carbocycles. The van der Waals surface area contributed by atoms with Gasteiger partial charge in [-0.3, -0.25) is 0 Å². The van der Waals surface area contributed by atoms with E-state index >= 15 is 0 Å². The van der Waals surface area contributed by atoms with Crippen LogP contribution in [0.25, 0.3) is 0 Å². The first-order chi connectivity index (χ1) is 6.27. The van der Waals surface area contributed by atoms with Crippen molar-refractivity contribution in [1.29, 1.82) is 0 Å². The van der Waals surface area contributed by atoms with E-state index in [1.165, 1.54) is 0 Å². The predicted octanol–water partition coefficient (Wildman–Crippen LogP) is 2.40. The van der Waals surface area contributed by atoms with Crippen molar-refractivity contribution >= 4 is 5.69 Å². The van der Waals surface area contributed by atoms with Crippen molar-refractivity contribution in [2.45, 2.75) is 13.3 Å². The Morgan fingerprint density at radius 2 is 2.31 bits per heavy atom. The molecule has 2 nitrogen and oxygen atoms in total. The largest absolute Gasteiger partial charge is 0.492 e. The van der Waals surface area contributed by atoms with Crippen molar-refractivity contribution in [1.82, 2.24) is 0 Å². The van der Waals surface area contributed by atoms with Gasteiger partial charge in [-0.15, -0.1) is 6.58 Å². The summed E-state index contributed by atoms with van der Waals surface area (Å²) in [6, 6.07) is 5.83. The summed E-state index contributed by atoms with van der Waals surface area (Å²) in [4.78, 5) is 0. The van der Waals surface area contributed by atoms with Gasteiger partial charge in [0, 0.05) is 0 Å². The Kier molecular flexibility index (Phi) is 3.38. The summed E-state index contributed by atoms with van der Waals surface area (Å²) in [6.45, 7) is 6.26. The first kappa shape index (κ1) is 9.65. The summed E-state index contributed by atoms with van der Waals surface area (Å²) in [5, 5.41) is 0. The number of allylic oxidation sites excluding steroid dienone is 1. The molecule has 0 spiro atoms. The zero-order valence-corrected chi connectivity index (χ0v) is 7.92. The number of nitrogens with two attached hydrogens (primary N) is 1. The molecule has 1 rings (SSSR count). The molecule has 0 radical (unpaired) electrons. The molecule has 0 atom stereocenters. The molecular weight excluding hydrogens is 162 g/mol. The number of nitrogen functional groups attached to an aromatic ring is 1. The second-order valence-corrected chi connectivity index (χ2v) is 2.80. The normalized spacial score (nSPS) is 9.62. The lowest BCUT2D eigenvalue weighted by molar-refractivity contribution is 0.342. The highest BCUT2D eigenvalue weighted by Crippen LogP contribution is 2.22. The van der Waals surface area contributed by atoms with Gasteiger partial charge in [-0.05, 0) is 31.0 Å². The van der Waals surface area contributed by atoms with E-state index in [0.29, 0.717) is 12.3 Å². The van der Waals surface area contributed by atoms with E-state index in [4.69, 9.17) is 10.5 Å². The molecule has 13 heavy (non-hydrogen) atoms. The third-order valence-corrected chi connectivity index (χ3v) is 1.75. The molecule has 0 bridgehead atoms. The van der Waals surface area contributed by atoms with Gasteiger partial charge < -0.3 is 10.5 Å². The monoisotopic (exact) mass is 177 g/mol. The molecule has 0 heterocycles. The lowest BCUT2D eigenvalue weighted by atomic mass is 10.1. The standard InChI is InChI=1S/C11H15NO/c1-3-5-9-6-7-11(13-4-2)10(12)8-9/h3,6-8H,1,4-5,12H2,2H3. The second kappa shape index (κ2) is 4.55. The number of ether oxygens (including phenoxy) is 1. The lowest BCUT2D eigenvalue weighted by Crippen LogP contribution is -1.97. The van der Waals surface area contributed by atoms with E-state index < -0.39 is 0 Å². The zero-order chi connectivity index (χ0) is 9.68. The number of hydrogen-bond donors (Lipinski definition) is 1. The third kappa shape index (κ3) is 2.51. The summed E-state index contributed by atoms with van der Waals surface area (Å²) >= 11 is 0. The van der Waals surface area contributed by atoms with Gasteiger partial charge in [0.15, 0.2) is 0 Å². The van der Waals surface area contributed by atoms with Crippen molar-refractivity contribution in [3.8, 4) is 5.75 Å². The highest BCUT2D eigenvalue weighted by atomic mass is 16.5. The van der Waals surface area contributed by atoms with Crippen LogP contribution in [0.2, 0.25) is 0 Å². The van der Waals surface area contributed by atoms with Gasteiger partial charge in [-0.25, -0.2) is 0 Å². The number of benzene rings is 1. The van der Waals surface area contributed by atoms with Crippen LogP contribution < -0.4 is 10.5 Å². The van der Waals surface area contributed by atoms with Crippen LogP contribution in [0.15, 0.2) is 30.9 Å². The van der Waals surface area contributed by atoms with Gasteiger partial charge in [0.1, 0.15) is 5.75 Å². The summed E-state index contributed by atoms with van der Waals surface area (Å²) in [6.07, 6.45) is 2.70. The van der Waals surface area contributed by atoms with E-state index in [-0.39, 0.29) is 0 Å². The third-order valence-electron chi connectivity index (χ3n) is 1.75. The van der Waals surface area contributed by atoms with E-state index in [1.807, 2.05) is 31.2 Å². The van der Waals surface area contributed by atoms with Crippen LogP contribution >= 0.6 is 0 Å². The van der Waals surface area contributed by atoms with Crippen molar-refractivity contribution < 1.29 is 4.74 Å². The maximum absolute atomic E-state index is 5.78. The quantitative estimate of drug-likeness (QED) is 0.566. The fourth-order valence-electron chi connectivity index (χ4n) is 1.18. The van der Waals surface area contributed by atoms with Crippen LogP contribution in [0.5, 0.6) is 5.75 Å². The molecule has 0 saturated carbocycles.